The zero-order valence-electron chi connectivity index (χ0n) is 19.7. The van der Waals surface area contributed by atoms with Gasteiger partial charge in [-0.2, -0.15) is 0 Å². The summed E-state index contributed by atoms with van der Waals surface area (Å²) in [6.45, 7) is 6.68. The van der Waals surface area contributed by atoms with Crippen LogP contribution in [0.4, 0.5) is 0 Å². The Bertz CT molecular complexity index is 1090. The summed E-state index contributed by atoms with van der Waals surface area (Å²) in [5.41, 5.74) is 2.34. The number of rotatable bonds is 8. The molecule has 0 bridgehead atoms. The fraction of sp³-hybridized carbons (Fsp3) is 0.480. The zero-order chi connectivity index (χ0) is 24.2. The van der Waals surface area contributed by atoms with E-state index >= 15 is 0 Å². The Morgan fingerprint density at radius 1 is 1.09 bits per heavy atom. The van der Waals surface area contributed by atoms with Crippen LogP contribution in [0.1, 0.15) is 39.2 Å². The number of aromatic nitrogens is 1. The molecule has 178 valence electrons. The molecule has 1 fully saturated rings. The van der Waals surface area contributed by atoms with Gasteiger partial charge in [0, 0.05) is 38.6 Å². The number of amides is 1. The van der Waals surface area contributed by atoms with Crippen LogP contribution in [0, 0.1) is 5.92 Å². The number of sulfone groups is 1. The number of benzene rings is 1. The first-order chi connectivity index (χ1) is 15.6. The summed E-state index contributed by atoms with van der Waals surface area (Å²) in [6.07, 6.45) is 1.95. The second kappa shape index (κ2) is 10.1. The van der Waals surface area contributed by atoms with Gasteiger partial charge in [0.25, 0.3) is 0 Å². The second-order valence-corrected chi connectivity index (χ2v) is 11.3. The molecule has 0 radical (unpaired) electrons. The average Bonchev–Trinajstić information content (AvgIpc) is 2.79. The maximum Gasteiger partial charge on any atom is 0.226 e. The molecule has 0 N–H and O–H groups in total. The van der Waals surface area contributed by atoms with E-state index in [1.54, 1.807) is 11.0 Å². The molecule has 3 rings (SSSR count). The summed E-state index contributed by atoms with van der Waals surface area (Å²) in [5, 5.41) is 0. The van der Waals surface area contributed by atoms with Crippen molar-refractivity contribution in [2.75, 3.05) is 26.8 Å². The van der Waals surface area contributed by atoms with E-state index in [1.165, 1.54) is 19.2 Å². The van der Waals surface area contributed by atoms with Crippen LogP contribution < -0.4 is 0 Å². The Labute approximate surface area is 196 Å². The van der Waals surface area contributed by atoms with Gasteiger partial charge in [-0.1, -0.05) is 38.1 Å². The fourth-order valence-corrected chi connectivity index (χ4v) is 6.17. The molecule has 0 saturated carbocycles. The number of carbonyl (C=O) groups is 2. The molecule has 1 aromatic heterocycles. The van der Waals surface area contributed by atoms with Crippen molar-refractivity contribution in [3.8, 4) is 11.3 Å². The fourth-order valence-electron chi connectivity index (χ4n) is 4.20. The minimum absolute atomic E-state index is 0.0405. The lowest BCUT2D eigenvalue weighted by Gasteiger charge is -2.34. The Kier molecular flexibility index (Phi) is 7.69. The lowest BCUT2D eigenvalue weighted by atomic mass is 9.95. The van der Waals surface area contributed by atoms with Crippen LogP contribution in [0.25, 0.3) is 11.3 Å². The molecular formula is C25H32N2O5S. The number of nitrogens with zero attached hydrogens (tertiary/aromatic N) is 2. The van der Waals surface area contributed by atoms with E-state index in [0.29, 0.717) is 24.6 Å². The van der Waals surface area contributed by atoms with E-state index in [0.717, 1.165) is 11.1 Å². The van der Waals surface area contributed by atoms with Crippen molar-refractivity contribution in [2.24, 2.45) is 5.92 Å². The van der Waals surface area contributed by atoms with E-state index in [2.05, 4.69) is 18.8 Å². The summed E-state index contributed by atoms with van der Waals surface area (Å²) in [5.74, 6) is 0.117. The monoisotopic (exact) mass is 472 g/mol. The summed E-state index contributed by atoms with van der Waals surface area (Å²) in [7, 11) is -2.08. The number of pyridine rings is 1. The van der Waals surface area contributed by atoms with Crippen LogP contribution in [-0.2, 0) is 30.6 Å². The molecule has 8 heteroatoms. The highest BCUT2D eigenvalue weighted by Gasteiger charge is 2.50. The number of hydrogen-bond donors (Lipinski definition) is 0. The van der Waals surface area contributed by atoms with Gasteiger partial charge < -0.3 is 9.64 Å². The first-order valence-electron chi connectivity index (χ1n) is 11.2. The molecule has 2 aromatic rings. The van der Waals surface area contributed by atoms with Crippen molar-refractivity contribution in [3.05, 3.63) is 48.2 Å². The van der Waals surface area contributed by atoms with Gasteiger partial charge in [0.05, 0.1) is 17.0 Å². The molecule has 1 saturated heterocycles. The molecule has 0 aliphatic carbocycles. The van der Waals surface area contributed by atoms with Crippen molar-refractivity contribution in [1.82, 2.24) is 9.88 Å². The molecule has 7 nitrogen and oxygen atoms in total. The standard InChI is InChI=1S/C25H32N2O5S/c1-18(2)17-27(4)24(29)15-20-5-7-21(8-6-20)23-10-9-22(16-26-23)33(30,31)25(19(3)28)11-13-32-14-12-25/h5-10,16,18H,11-15,17H2,1-4H3. The summed E-state index contributed by atoms with van der Waals surface area (Å²) >= 11 is 0. The molecule has 2 heterocycles. The van der Waals surface area contributed by atoms with Gasteiger partial charge >= 0.3 is 0 Å². The minimum atomic E-state index is -3.89. The number of ketones is 1. The van der Waals surface area contributed by atoms with Crippen LogP contribution in [0.3, 0.4) is 0 Å². The molecular weight excluding hydrogens is 440 g/mol. The van der Waals surface area contributed by atoms with E-state index in [4.69, 9.17) is 4.74 Å². The average molecular weight is 473 g/mol. The van der Waals surface area contributed by atoms with Crippen molar-refractivity contribution in [3.63, 3.8) is 0 Å². The summed E-state index contributed by atoms with van der Waals surface area (Å²) in [4.78, 5) is 30.9. The lowest BCUT2D eigenvalue weighted by Crippen LogP contribution is -2.49. The van der Waals surface area contributed by atoms with Gasteiger partial charge in [0.1, 0.15) is 4.75 Å². The van der Waals surface area contributed by atoms with E-state index in [1.807, 2.05) is 31.3 Å². The van der Waals surface area contributed by atoms with Crippen LogP contribution in [-0.4, -0.2) is 61.5 Å². The highest BCUT2D eigenvalue weighted by atomic mass is 32.2. The third kappa shape index (κ3) is 5.33. The minimum Gasteiger partial charge on any atom is -0.381 e. The predicted octanol–water partition coefficient (Wildman–Crippen LogP) is 3.32. The lowest BCUT2D eigenvalue weighted by molar-refractivity contribution is -0.129. The summed E-state index contributed by atoms with van der Waals surface area (Å²) < 4.78 is 30.5. The van der Waals surface area contributed by atoms with Crippen LogP contribution in [0.2, 0.25) is 0 Å². The zero-order valence-corrected chi connectivity index (χ0v) is 20.5. The molecule has 0 atom stereocenters. The molecule has 1 aliphatic heterocycles. The first-order valence-corrected chi connectivity index (χ1v) is 12.7. The van der Waals surface area contributed by atoms with Crippen molar-refractivity contribution < 1.29 is 22.7 Å². The molecule has 0 unspecified atom stereocenters. The van der Waals surface area contributed by atoms with Gasteiger partial charge in [-0.3, -0.25) is 14.6 Å². The Hall–Kier alpha value is -2.58. The van der Waals surface area contributed by atoms with Gasteiger partial charge in [0.2, 0.25) is 5.91 Å². The maximum absolute atomic E-state index is 13.3. The highest BCUT2D eigenvalue weighted by Crippen LogP contribution is 2.36. The first kappa shape index (κ1) is 25.1. The number of ether oxygens (including phenoxy) is 1. The molecule has 1 aromatic carbocycles. The van der Waals surface area contributed by atoms with Gasteiger partial charge in [-0.25, -0.2) is 8.42 Å². The van der Waals surface area contributed by atoms with Crippen molar-refractivity contribution in [2.45, 2.75) is 49.7 Å². The normalized spacial score (nSPS) is 15.9. The Morgan fingerprint density at radius 2 is 1.73 bits per heavy atom. The maximum atomic E-state index is 13.3. The molecule has 1 aliphatic rings. The quantitative estimate of drug-likeness (QED) is 0.585. The van der Waals surface area contributed by atoms with E-state index in [9.17, 15) is 18.0 Å². The number of likely N-dealkylation sites (N-methyl/N-ethyl adjacent to an activating group) is 1. The highest BCUT2D eigenvalue weighted by molar-refractivity contribution is 7.93. The van der Waals surface area contributed by atoms with Gasteiger partial charge in [-0.05, 0) is 43.4 Å². The second-order valence-electron chi connectivity index (χ2n) is 9.09. The van der Waals surface area contributed by atoms with E-state index in [-0.39, 0.29) is 42.6 Å². The van der Waals surface area contributed by atoms with Crippen LogP contribution >= 0.6 is 0 Å². The van der Waals surface area contributed by atoms with Crippen LogP contribution in [0.15, 0.2) is 47.5 Å². The Balaban J connectivity index is 1.76. The number of Topliss-reactive ketones (excluding diaryl/α,β-unsaturated/α-hetero) is 1. The summed E-state index contributed by atoms with van der Waals surface area (Å²) in [6, 6.07) is 10.7. The largest absolute Gasteiger partial charge is 0.381 e. The number of carbonyl (C=O) groups excluding carboxylic acids is 2. The van der Waals surface area contributed by atoms with Gasteiger partial charge in [0.15, 0.2) is 15.6 Å². The SMILES string of the molecule is CC(=O)C1(S(=O)(=O)c2ccc(-c3ccc(CC(=O)N(C)CC(C)C)cc3)nc2)CCOCC1. The van der Waals surface area contributed by atoms with Crippen molar-refractivity contribution in [1.29, 1.82) is 0 Å². The van der Waals surface area contributed by atoms with E-state index < -0.39 is 14.6 Å². The molecule has 0 spiro atoms. The topological polar surface area (TPSA) is 93.6 Å². The Morgan fingerprint density at radius 3 is 2.24 bits per heavy atom. The van der Waals surface area contributed by atoms with Crippen LogP contribution in [0.5, 0.6) is 0 Å². The molecule has 1 amide bonds. The molecule has 33 heavy (non-hydrogen) atoms. The predicted molar refractivity (Wildman–Crippen MR) is 127 cm³/mol. The van der Waals surface area contributed by atoms with Gasteiger partial charge in [-0.15, -0.1) is 0 Å². The number of hydrogen-bond acceptors (Lipinski definition) is 6. The van der Waals surface area contributed by atoms with Crippen molar-refractivity contribution >= 4 is 21.5 Å². The smallest absolute Gasteiger partial charge is 0.226 e. The third-order valence-electron chi connectivity index (χ3n) is 6.17. The third-order valence-corrected chi connectivity index (χ3v) is 8.76.